The van der Waals surface area contributed by atoms with Crippen LogP contribution < -0.4 is 34.7 Å². The predicted octanol–water partition coefficient (Wildman–Crippen LogP) is 11.9. The van der Waals surface area contributed by atoms with E-state index in [0.29, 0.717) is 6.42 Å². The predicted molar refractivity (Wildman–Crippen MR) is 302 cm³/mol. The van der Waals surface area contributed by atoms with Crippen LogP contribution in [0.3, 0.4) is 0 Å². The minimum atomic E-state index is -3.73. The molecule has 0 saturated carbocycles. The molecule has 5 N–H and O–H groups in total. The average molecular weight is 1070 g/mol. The van der Waals surface area contributed by atoms with Crippen LogP contribution in [0.15, 0.2) is 12.2 Å². The van der Waals surface area contributed by atoms with Gasteiger partial charge in [-0.15, -0.1) is 0 Å². The standard InChI is InChI=1S/C24H50O.C18H34O2.C12H26O3S.C6H12O5.Na/c1-3-5-7-9-11-13-15-17-19-21-23-25-24-22-20-18-16-14-12-10-8-6-4-2;1-2-3-4-5-6-7-8-9-10-11-12-13-14-15-16-17-18(19)20;1-2-3-4-5-6-7-8-9-10-11-12-16(13,14)15;7-1-3(8)6-5(10)4(9)2-11-6;/h3-24H2,1-2H3;9-10H,2-8,11-17H2,1H3,(H,19,20);2-12H2,1H3,(H,13,14,15);3-10H,1-2H2;/q;;;;+1/p-1/b;10-9-;;;/t;;;3-,4+,5-,6-;/m...1./s1. The molecule has 0 unspecified atom stereocenters. The molecule has 11 nitrogen and oxygen atoms in total. The molecule has 434 valence electrons. The fourth-order valence-electron chi connectivity index (χ4n) is 8.67. The molecule has 0 bridgehead atoms. The van der Waals surface area contributed by atoms with Gasteiger partial charge in [0.25, 0.3) is 10.1 Å². The number of aliphatic hydroxyl groups is 4. The number of unbranched alkanes of at least 4 members (excludes halogenated alkanes) is 38. The molecule has 0 radical (unpaired) electrons. The van der Waals surface area contributed by atoms with Crippen molar-refractivity contribution in [2.45, 2.75) is 335 Å². The van der Waals surface area contributed by atoms with E-state index in [2.05, 4.69) is 39.8 Å². The summed E-state index contributed by atoms with van der Waals surface area (Å²) < 4.78 is 40.0. The molecule has 13 heteroatoms. The summed E-state index contributed by atoms with van der Waals surface area (Å²) in [6.45, 7) is 10.6. The molecule has 1 heterocycles. The van der Waals surface area contributed by atoms with Crippen LogP contribution >= 0.6 is 0 Å². The fourth-order valence-corrected chi connectivity index (χ4v) is 9.23. The summed E-state index contributed by atoms with van der Waals surface area (Å²) in [7, 11) is -3.73. The maximum atomic E-state index is 10.4. The minimum absolute atomic E-state index is 0. The number of ether oxygens (including phenoxy) is 2. The van der Waals surface area contributed by atoms with Crippen molar-refractivity contribution in [3.63, 3.8) is 0 Å². The molecule has 1 aliphatic heterocycles. The van der Waals surface area contributed by atoms with E-state index >= 15 is 0 Å². The summed E-state index contributed by atoms with van der Waals surface area (Å²) in [6, 6.07) is 0. The van der Waals surface area contributed by atoms with E-state index in [0.717, 1.165) is 45.3 Å². The molecule has 0 aromatic heterocycles. The number of carbonyl (C=O) groups excluding carboxylic acids is 1. The molecular formula is C60H121NaO11S. The van der Waals surface area contributed by atoms with Gasteiger partial charge in [0.1, 0.15) is 24.4 Å². The molecule has 1 rings (SSSR count). The van der Waals surface area contributed by atoms with Gasteiger partial charge >= 0.3 is 29.6 Å². The van der Waals surface area contributed by atoms with Gasteiger partial charge in [-0.2, -0.15) is 8.42 Å². The Morgan fingerprint density at radius 3 is 1.12 bits per heavy atom. The smallest absolute Gasteiger partial charge is 0.550 e. The second-order valence-electron chi connectivity index (χ2n) is 20.8. The number of allylic oxidation sites excluding steroid dienone is 2. The third-order valence-corrected chi connectivity index (χ3v) is 14.2. The second kappa shape index (κ2) is 66.2. The number of rotatable bonds is 50. The Morgan fingerprint density at radius 1 is 0.534 bits per heavy atom. The third-order valence-electron chi connectivity index (χ3n) is 13.4. The van der Waals surface area contributed by atoms with Crippen LogP contribution in [0.4, 0.5) is 0 Å². The van der Waals surface area contributed by atoms with Crippen LogP contribution in [0.5, 0.6) is 0 Å². The second-order valence-corrected chi connectivity index (χ2v) is 22.3. The molecule has 1 aliphatic rings. The fraction of sp³-hybridized carbons (Fsp3) is 0.950. The molecule has 0 amide bonds. The van der Waals surface area contributed by atoms with Crippen molar-refractivity contribution < 1.29 is 82.3 Å². The number of hydrogen-bond donors (Lipinski definition) is 5. The molecule has 0 spiro atoms. The molecule has 1 fully saturated rings. The maximum absolute atomic E-state index is 10.4. The normalized spacial score (nSPS) is 15.7. The zero-order chi connectivity index (χ0) is 53.9. The largest absolute Gasteiger partial charge is 1.00 e. The van der Waals surface area contributed by atoms with Gasteiger partial charge in [-0.25, -0.2) is 0 Å². The van der Waals surface area contributed by atoms with Gasteiger partial charge < -0.3 is 39.8 Å². The zero-order valence-corrected chi connectivity index (χ0v) is 51.5. The van der Waals surface area contributed by atoms with E-state index in [1.54, 1.807) is 0 Å². The number of hydrogen-bond acceptors (Lipinski definition) is 10. The van der Waals surface area contributed by atoms with E-state index in [1.165, 1.54) is 238 Å². The monoisotopic (exact) mass is 1070 g/mol. The van der Waals surface area contributed by atoms with Crippen molar-refractivity contribution in [3.05, 3.63) is 12.2 Å². The van der Waals surface area contributed by atoms with Crippen molar-refractivity contribution in [2.24, 2.45) is 0 Å². The molecule has 1 saturated heterocycles. The zero-order valence-electron chi connectivity index (χ0n) is 48.7. The first-order valence-corrected chi connectivity index (χ1v) is 32.2. The first kappa shape index (κ1) is 79.4. The van der Waals surface area contributed by atoms with Crippen molar-refractivity contribution >= 4 is 16.1 Å². The third kappa shape index (κ3) is 69.9. The molecule has 0 aliphatic carbocycles. The van der Waals surface area contributed by atoms with E-state index in [9.17, 15) is 18.3 Å². The van der Waals surface area contributed by atoms with Crippen molar-refractivity contribution in [1.29, 1.82) is 0 Å². The molecule has 73 heavy (non-hydrogen) atoms. The quantitative estimate of drug-likeness (QED) is 0.0168. The Kier molecular flexibility index (Phi) is 71.9. The Balaban J connectivity index is -0.000000448. The Labute approximate surface area is 474 Å². The van der Waals surface area contributed by atoms with E-state index in [4.69, 9.17) is 34.5 Å². The van der Waals surface area contributed by atoms with Gasteiger partial charge in [-0.05, 0) is 57.8 Å². The van der Waals surface area contributed by atoms with Crippen LogP contribution in [0.1, 0.15) is 310 Å². The first-order valence-electron chi connectivity index (χ1n) is 30.6. The summed E-state index contributed by atoms with van der Waals surface area (Å²) in [4.78, 5) is 10.2. The molecule has 4 atom stereocenters. The van der Waals surface area contributed by atoms with Gasteiger partial charge in [0.15, 0.2) is 0 Å². The SMILES string of the molecule is CCCCCCCC/C=C\CCCCCCCC(=O)[O-].CCCCCCCCCCCCOCCCCCCCCCCCC.CCCCCCCCCCCCS(=O)(=O)O.OC[C@@H](O)[C@H]1OC[C@H](O)[C@H]1O.[Na+]. The van der Waals surface area contributed by atoms with Gasteiger partial charge in [0.2, 0.25) is 0 Å². The number of carboxylic acids is 1. The maximum Gasteiger partial charge on any atom is 1.00 e. The number of carbonyl (C=O) groups is 1. The number of aliphatic hydroxyl groups excluding tert-OH is 4. The van der Waals surface area contributed by atoms with Crippen molar-refractivity contribution in [3.8, 4) is 0 Å². The van der Waals surface area contributed by atoms with Gasteiger partial charge in [0, 0.05) is 19.2 Å². The topological polar surface area (TPSA) is 194 Å². The van der Waals surface area contributed by atoms with E-state index in [-0.39, 0.29) is 48.3 Å². The summed E-state index contributed by atoms with van der Waals surface area (Å²) in [6.07, 6.45) is 56.7. The van der Waals surface area contributed by atoms with Crippen LogP contribution in [-0.2, 0) is 24.4 Å². The molecule has 0 aromatic rings. The Morgan fingerprint density at radius 2 is 0.836 bits per heavy atom. The number of carboxylic acid groups (broad SMARTS) is 1. The minimum Gasteiger partial charge on any atom is -0.550 e. The van der Waals surface area contributed by atoms with Gasteiger partial charge in [-0.1, -0.05) is 265 Å². The van der Waals surface area contributed by atoms with Crippen LogP contribution in [0.25, 0.3) is 0 Å². The molecule has 0 aromatic carbocycles. The van der Waals surface area contributed by atoms with E-state index < -0.39 is 47.1 Å². The molecular weight excluding hydrogens is 952 g/mol. The van der Waals surface area contributed by atoms with Crippen LogP contribution in [0.2, 0.25) is 0 Å². The van der Waals surface area contributed by atoms with Crippen LogP contribution in [-0.4, -0.2) is 96.0 Å². The Bertz CT molecular complexity index is 1160. The van der Waals surface area contributed by atoms with E-state index in [1.807, 2.05) is 0 Å². The number of aliphatic carboxylic acids is 1. The average Bonchev–Trinajstić information content (AvgIpc) is 3.70. The van der Waals surface area contributed by atoms with Gasteiger partial charge in [-0.3, -0.25) is 4.55 Å². The van der Waals surface area contributed by atoms with Crippen molar-refractivity contribution in [1.82, 2.24) is 0 Å². The van der Waals surface area contributed by atoms with Gasteiger partial charge in [0.05, 0.1) is 19.0 Å². The summed E-state index contributed by atoms with van der Waals surface area (Å²) >= 11 is 0. The summed E-state index contributed by atoms with van der Waals surface area (Å²) in [5.41, 5.74) is 0. The van der Waals surface area contributed by atoms with Crippen LogP contribution in [0, 0.1) is 0 Å². The van der Waals surface area contributed by atoms with Crippen molar-refractivity contribution in [2.75, 3.05) is 32.2 Å². The summed E-state index contributed by atoms with van der Waals surface area (Å²) in [5, 5.41) is 45.7. The Hall–Kier alpha value is -0.120. The first-order chi connectivity index (χ1) is 34.9. The summed E-state index contributed by atoms with van der Waals surface area (Å²) in [5.74, 6) is -0.994.